The van der Waals surface area contributed by atoms with E-state index in [9.17, 15) is 13.2 Å². The van der Waals surface area contributed by atoms with Crippen LogP contribution in [0, 0.1) is 11.8 Å². The van der Waals surface area contributed by atoms with Gasteiger partial charge in [0.2, 0.25) is 10.0 Å². The van der Waals surface area contributed by atoms with Crippen LogP contribution in [-0.2, 0) is 14.8 Å². The van der Waals surface area contributed by atoms with Gasteiger partial charge in [-0.05, 0) is 37.6 Å². The van der Waals surface area contributed by atoms with E-state index >= 15 is 0 Å². The topological polar surface area (TPSA) is 83.5 Å². The van der Waals surface area contributed by atoms with E-state index in [1.165, 1.54) is 19.1 Å². The summed E-state index contributed by atoms with van der Waals surface area (Å²) in [6, 6.07) is 4.88. The van der Waals surface area contributed by atoms with Crippen molar-refractivity contribution in [1.82, 2.24) is 4.72 Å². The van der Waals surface area contributed by atoms with E-state index in [4.69, 9.17) is 5.11 Å². The lowest BCUT2D eigenvalue weighted by Crippen LogP contribution is -2.38. The van der Waals surface area contributed by atoms with E-state index in [1.807, 2.05) is 0 Å². The van der Waals surface area contributed by atoms with Gasteiger partial charge in [-0.3, -0.25) is 4.79 Å². The highest BCUT2D eigenvalue weighted by molar-refractivity contribution is 7.89. The average molecular weight is 309 g/mol. The van der Waals surface area contributed by atoms with Crippen LogP contribution in [0.15, 0.2) is 29.2 Å². The van der Waals surface area contributed by atoms with E-state index in [0.717, 1.165) is 24.8 Å². The first-order chi connectivity index (χ1) is 9.86. The molecule has 0 saturated heterocycles. The van der Waals surface area contributed by atoms with Crippen molar-refractivity contribution < 1.29 is 18.3 Å². The average Bonchev–Trinajstić information content (AvgIpc) is 2.43. The molecular weight excluding hydrogens is 290 g/mol. The van der Waals surface area contributed by atoms with E-state index in [0.29, 0.717) is 0 Å². The van der Waals surface area contributed by atoms with E-state index < -0.39 is 22.0 Å². The summed E-state index contributed by atoms with van der Waals surface area (Å²) in [7, 11) is -3.83. The third-order valence-electron chi connectivity index (χ3n) is 2.76. The van der Waals surface area contributed by atoms with Gasteiger partial charge in [-0.25, -0.2) is 8.42 Å². The van der Waals surface area contributed by atoms with Crippen LogP contribution < -0.4 is 4.72 Å². The number of hydrogen-bond donors (Lipinski definition) is 2. The largest absolute Gasteiger partial charge is 0.480 e. The zero-order valence-electron chi connectivity index (χ0n) is 12.1. The van der Waals surface area contributed by atoms with Gasteiger partial charge in [0.05, 0.1) is 4.90 Å². The van der Waals surface area contributed by atoms with Crippen LogP contribution >= 0.6 is 0 Å². The van der Waals surface area contributed by atoms with Crippen LogP contribution in [0.25, 0.3) is 0 Å². The summed E-state index contributed by atoms with van der Waals surface area (Å²) in [6.07, 6.45) is 2.93. The summed E-state index contributed by atoms with van der Waals surface area (Å²) in [4.78, 5) is 10.7. The Kier molecular flexibility index (Phi) is 6.40. The monoisotopic (exact) mass is 309 g/mol. The van der Waals surface area contributed by atoms with Crippen molar-refractivity contribution in [3.8, 4) is 11.8 Å². The molecule has 0 radical (unpaired) electrons. The van der Waals surface area contributed by atoms with Crippen LogP contribution in [0.3, 0.4) is 0 Å². The van der Waals surface area contributed by atoms with Gasteiger partial charge in [0.15, 0.2) is 0 Å². The summed E-state index contributed by atoms with van der Waals surface area (Å²) >= 11 is 0. The molecule has 0 heterocycles. The number of carbonyl (C=O) groups is 1. The Morgan fingerprint density at radius 1 is 1.33 bits per heavy atom. The minimum atomic E-state index is -3.83. The summed E-state index contributed by atoms with van der Waals surface area (Å²) in [5, 5.41) is 8.73. The molecule has 0 saturated carbocycles. The Hall–Kier alpha value is -1.84. The Morgan fingerprint density at radius 2 is 1.95 bits per heavy atom. The standard InChI is InChI=1S/C15H19NO4S/c1-3-4-5-6-7-13-8-10-14(11-9-13)21(19,20)16-12(2)15(17)18/h8-12,16H,3-5H2,1-2H3,(H,17,18)/t12-/m1/s1. The molecule has 6 heteroatoms. The molecule has 5 nitrogen and oxygen atoms in total. The highest BCUT2D eigenvalue weighted by Gasteiger charge is 2.21. The molecule has 1 atom stereocenters. The van der Waals surface area contributed by atoms with Gasteiger partial charge in [-0.2, -0.15) is 4.72 Å². The summed E-state index contributed by atoms with van der Waals surface area (Å²) < 4.78 is 26.0. The third-order valence-corrected chi connectivity index (χ3v) is 4.31. The second kappa shape index (κ2) is 7.81. The maximum Gasteiger partial charge on any atom is 0.321 e. The number of benzene rings is 1. The number of carboxylic acid groups (broad SMARTS) is 1. The highest BCUT2D eigenvalue weighted by atomic mass is 32.2. The molecule has 21 heavy (non-hydrogen) atoms. The Morgan fingerprint density at radius 3 is 2.48 bits per heavy atom. The fourth-order valence-corrected chi connectivity index (χ4v) is 2.70. The molecule has 0 aliphatic carbocycles. The number of sulfonamides is 1. The Bertz CT molecular complexity index is 638. The van der Waals surface area contributed by atoms with Gasteiger partial charge < -0.3 is 5.11 Å². The summed E-state index contributed by atoms with van der Waals surface area (Å²) in [5.74, 6) is 4.75. The first-order valence-corrected chi connectivity index (χ1v) is 8.19. The SMILES string of the molecule is CCCCC#Cc1ccc(S(=O)(=O)N[C@H](C)C(=O)O)cc1. The Balaban J connectivity index is 2.81. The van der Waals surface area contributed by atoms with Crippen LogP contribution in [0.5, 0.6) is 0 Å². The molecule has 1 aromatic rings. The van der Waals surface area contributed by atoms with Crippen LogP contribution in [0.2, 0.25) is 0 Å². The number of carboxylic acids is 1. The van der Waals surface area contributed by atoms with Crippen molar-refractivity contribution in [2.75, 3.05) is 0 Å². The summed E-state index contributed by atoms with van der Waals surface area (Å²) in [6.45, 7) is 3.36. The normalized spacial score (nSPS) is 12.3. The van der Waals surface area contributed by atoms with Gasteiger partial charge in [-0.1, -0.05) is 25.2 Å². The van der Waals surface area contributed by atoms with Gasteiger partial charge in [0.1, 0.15) is 6.04 Å². The summed E-state index contributed by atoms with van der Waals surface area (Å²) in [5.41, 5.74) is 0.733. The molecule has 0 aromatic heterocycles. The van der Waals surface area contributed by atoms with Crippen molar-refractivity contribution in [2.45, 2.75) is 44.0 Å². The molecule has 0 bridgehead atoms. The van der Waals surface area contributed by atoms with Gasteiger partial charge in [0.25, 0.3) is 0 Å². The molecule has 114 valence electrons. The minimum Gasteiger partial charge on any atom is -0.480 e. The van der Waals surface area contributed by atoms with Crippen LogP contribution in [-0.4, -0.2) is 25.5 Å². The molecule has 1 aromatic carbocycles. The number of unbranched alkanes of at least 4 members (excludes halogenated alkanes) is 2. The van der Waals surface area contributed by atoms with E-state index in [1.54, 1.807) is 12.1 Å². The van der Waals surface area contributed by atoms with Crippen molar-refractivity contribution in [2.24, 2.45) is 0 Å². The number of nitrogens with one attached hydrogen (secondary N) is 1. The fraction of sp³-hybridized carbons (Fsp3) is 0.400. The second-order valence-corrected chi connectivity index (χ2v) is 6.32. The molecule has 1 rings (SSSR count). The quantitative estimate of drug-likeness (QED) is 0.622. The highest BCUT2D eigenvalue weighted by Crippen LogP contribution is 2.10. The first-order valence-electron chi connectivity index (χ1n) is 6.71. The zero-order valence-corrected chi connectivity index (χ0v) is 12.9. The third kappa shape index (κ3) is 5.58. The Labute approximate surface area is 125 Å². The molecule has 0 fully saturated rings. The first kappa shape index (κ1) is 17.2. The molecule has 0 aliphatic rings. The lowest BCUT2D eigenvalue weighted by Gasteiger charge is -2.10. The smallest absolute Gasteiger partial charge is 0.321 e. The maximum atomic E-state index is 11.9. The zero-order chi connectivity index (χ0) is 15.9. The van der Waals surface area contributed by atoms with Crippen molar-refractivity contribution in [1.29, 1.82) is 0 Å². The lowest BCUT2D eigenvalue weighted by molar-refractivity contribution is -0.138. The van der Waals surface area contributed by atoms with Gasteiger partial charge in [-0.15, -0.1) is 0 Å². The number of aliphatic carboxylic acids is 1. The van der Waals surface area contributed by atoms with E-state index in [2.05, 4.69) is 23.5 Å². The predicted molar refractivity (Wildman–Crippen MR) is 80.3 cm³/mol. The predicted octanol–water partition coefficient (Wildman–Crippen LogP) is 1.98. The molecule has 0 spiro atoms. The van der Waals surface area contributed by atoms with Crippen molar-refractivity contribution in [3.05, 3.63) is 29.8 Å². The van der Waals surface area contributed by atoms with Gasteiger partial charge >= 0.3 is 5.97 Å². The van der Waals surface area contributed by atoms with Crippen molar-refractivity contribution >= 4 is 16.0 Å². The van der Waals surface area contributed by atoms with E-state index in [-0.39, 0.29) is 4.90 Å². The lowest BCUT2D eigenvalue weighted by atomic mass is 10.2. The van der Waals surface area contributed by atoms with Crippen LogP contribution in [0.4, 0.5) is 0 Å². The molecule has 0 amide bonds. The van der Waals surface area contributed by atoms with Crippen LogP contribution in [0.1, 0.15) is 38.7 Å². The number of hydrogen-bond acceptors (Lipinski definition) is 3. The molecule has 0 unspecified atom stereocenters. The molecule has 0 aliphatic heterocycles. The second-order valence-electron chi connectivity index (χ2n) is 4.61. The van der Waals surface area contributed by atoms with Crippen molar-refractivity contribution in [3.63, 3.8) is 0 Å². The molecular formula is C15H19NO4S. The van der Waals surface area contributed by atoms with Gasteiger partial charge in [0, 0.05) is 12.0 Å². The molecule has 2 N–H and O–H groups in total. The fourth-order valence-electron chi connectivity index (χ4n) is 1.50. The minimum absolute atomic E-state index is 0.0229. The number of rotatable bonds is 6. The maximum absolute atomic E-state index is 11.9.